The van der Waals surface area contributed by atoms with Gasteiger partial charge in [-0.1, -0.05) is 55.9 Å². The fraction of sp³-hybridized carbons (Fsp3) is 0.500. The number of ether oxygens (including phenoxy) is 2. The fourth-order valence-corrected chi connectivity index (χ4v) is 3.08. The number of esters is 1. The molecule has 0 amide bonds. The van der Waals surface area contributed by atoms with Crippen LogP contribution in [0.4, 0.5) is 0 Å². The minimum atomic E-state index is -0.999. The molecule has 1 aromatic heterocycles. The zero-order chi connectivity index (χ0) is 28.2. The van der Waals surface area contributed by atoms with Gasteiger partial charge in [0.05, 0.1) is 6.54 Å². The molecule has 0 atom stereocenters. The molecule has 37 heavy (non-hydrogen) atoms. The molecule has 0 N–H and O–H groups in total. The number of hydrogen-bond acceptors (Lipinski definition) is 6. The summed E-state index contributed by atoms with van der Waals surface area (Å²) in [4.78, 5) is 12.5. The first-order valence-corrected chi connectivity index (χ1v) is 13.2. The van der Waals surface area contributed by atoms with Crippen molar-refractivity contribution in [3.05, 3.63) is 76.0 Å². The van der Waals surface area contributed by atoms with Crippen molar-refractivity contribution in [2.75, 3.05) is 0 Å². The maximum atomic E-state index is 12.1. The molecule has 2 rings (SSSR count). The van der Waals surface area contributed by atoms with E-state index in [0.717, 1.165) is 12.8 Å². The van der Waals surface area contributed by atoms with Gasteiger partial charge in [0, 0.05) is 6.42 Å². The van der Waals surface area contributed by atoms with Crippen molar-refractivity contribution in [1.29, 1.82) is 0 Å². The molecular weight excluding hydrogens is 484 g/mol. The topological polar surface area (TPSA) is 66.5 Å². The molecule has 0 saturated carbocycles. The quantitative estimate of drug-likeness (QED) is 0.187. The Hall–Kier alpha value is -2.93. The van der Waals surface area contributed by atoms with Gasteiger partial charge in [-0.3, -0.25) is 0 Å². The summed E-state index contributed by atoms with van der Waals surface area (Å²) in [5.41, 5.74) is 2.27. The summed E-state index contributed by atoms with van der Waals surface area (Å²) in [6.45, 7) is 19.9. The second-order valence-electron chi connectivity index (χ2n) is 10.2. The standard InChI is InChI=1S/C16H24O3.C14H20N2OS/c1-7-12-8-10-13(11-9-12)18-16(5,6)14(17)19-15(2,3)4;1-5-11(3)12(4)9-7-8-10-16-14(18)17-13(6-2)15-16/h8-11H,7H2,1-6H3;5,7-9H,6,10H2,1-4H3/b;8-7+,11-5-,12-9-. The maximum Gasteiger partial charge on any atom is 0.350 e. The van der Waals surface area contributed by atoms with Gasteiger partial charge < -0.3 is 13.9 Å². The van der Waals surface area contributed by atoms with Gasteiger partial charge in [0.15, 0.2) is 5.60 Å². The molecular formula is C30H44N2O4S. The number of carbonyl (C=O) groups excluding carboxylic acids is 1. The van der Waals surface area contributed by atoms with Crippen LogP contribution in [0.15, 0.2) is 64.1 Å². The van der Waals surface area contributed by atoms with Crippen molar-refractivity contribution in [2.24, 2.45) is 0 Å². The SMILES string of the molecule is CCc1ccc(OC(C)(C)C(=O)OC(C)(C)C)cc1.C\C=C(C)/C(C)=C\C=C\Cn1nc(CC)oc1=S. The normalized spacial score (nSPS) is 12.8. The highest BCUT2D eigenvalue weighted by atomic mass is 32.1. The van der Waals surface area contributed by atoms with Gasteiger partial charge in [-0.25, -0.2) is 9.48 Å². The number of benzene rings is 1. The Labute approximate surface area is 228 Å². The van der Waals surface area contributed by atoms with Crippen LogP contribution in [0.1, 0.15) is 80.7 Å². The van der Waals surface area contributed by atoms with Gasteiger partial charge in [0.25, 0.3) is 4.84 Å². The van der Waals surface area contributed by atoms with Crippen LogP contribution in [0.2, 0.25) is 0 Å². The molecule has 7 heteroatoms. The number of hydrogen-bond donors (Lipinski definition) is 0. The predicted octanol–water partition coefficient (Wildman–Crippen LogP) is 7.98. The Bertz CT molecular complexity index is 1140. The van der Waals surface area contributed by atoms with E-state index in [4.69, 9.17) is 26.1 Å². The molecule has 0 saturated heterocycles. The number of aromatic nitrogens is 2. The first-order valence-electron chi connectivity index (χ1n) is 12.8. The Morgan fingerprint density at radius 1 is 1.05 bits per heavy atom. The first kappa shape index (κ1) is 32.1. The number of aryl methyl sites for hydroxylation is 2. The van der Waals surface area contributed by atoms with Crippen LogP contribution in [-0.2, 0) is 28.9 Å². The lowest BCUT2D eigenvalue weighted by atomic mass is 10.1. The second kappa shape index (κ2) is 14.7. The molecule has 0 fully saturated rings. The van der Waals surface area contributed by atoms with Crippen molar-refractivity contribution < 1.29 is 18.7 Å². The van der Waals surface area contributed by atoms with Gasteiger partial charge >= 0.3 is 5.97 Å². The molecule has 0 aliphatic rings. The highest BCUT2D eigenvalue weighted by Crippen LogP contribution is 2.22. The van der Waals surface area contributed by atoms with E-state index in [1.54, 1.807) is 18.5 Å². The summed E-state index contributed by atoms with van der Waals surface area (Å²) >= 11 is 5.08. The van der Waals surface area contributed by atoms with E-state index in [1.165, 1.54) is 16.7 Å². The van der Waals surface area contributed by atoms with E-state index in [9.17, 15) is 4.79 Å². The van der Waals surface area contributed by atoms with E-state index in [-0.39, 0.29) is 5.97 Å². The van der Waals surface area contributed by atoms with Crippen molar-refractivity contribution in [3.8, 4) is 5.75 Å². The highest BCUT2D eigenvalue weighted by molar-refractivity contribution is 7.71. The summed E-state index contributed by atoms with van der Waals surface area (Å²) in [5, 5.41) is 4.26. The zero-order valence-corrected chi connectivity index (χ0v) is 25.0. The maximum absolute atomic E-state index is 12.1. The Kier molecular flexibility index (Phi) is 12.8. The largest absolute Gasteiger partial charge is 0.476 e. The molecule has 0 bridgehead atoms. The molecule has 204 valence electrons. The van der Waals surface area contributed by atoms with Gasteiger partial charge in [-0.2, -0.15) is 0 Å². The summed E-state index contributed by atoms with van der Waals surface area (Å²) in [6.07, 6.45) is 9.96. The van der Waals surface area contributed by atoms with E-state index >= 15 is 0 Å². The summed E-state index contributed by atoms with van der Waals surface area (Å²) in [5.74, 6) is 0.998. The molecule has 6 nitrogen and oxygen atoms in total. The molecule has 0 unspecified atom stereocenters. The average Bonchev–Trinajstić information content (AvgIpc) is 3.20. The molecule has 0 radical (unpaired) electrons. The highest BCUT2D eigenvalue weighted by Gasteiger charge is 2.34. The number of nitrogens with zero attached hydrogens (tertiary/aromatic N) is 2. The number of carbonyl (C=O) groups is 1. The lowest BCUT2D eigenvalue weighted by Crippen LogP contribution is -2.43. The minimum Gasteiger partial charge on any atom is -0.476 e. The van der Waals surface area contributed by atoms with Crippen molar-refractivity contribution in [2.45, 2.75) is 99.8 Å². The number of allylic oxidation sites excluding steroid dienone is 6. The third-order valence-corrected chi connectivity index (χ3v) is 5.66. The second-order valence-corrected chi connectivity index (χ2v) is 10.5. The molecule has 1 heterocycles. The first-order chi connectivity index (χ1) is 17.2. The predicted molar refractivity (Wildman–Crippen MR) is 153 cm³/mol. The average molecular weight is 529 g/mol. The summed E-state index contributed by atoms with van der Waals surface area (Å²) in [7, 11) is 0. The smallest absolute Gasteiger partial charge is 0.350 e. The van der Waals surface area contributed by atoms with E-state index < -0.39 is 11.2 Å². The van der Waals surface area contributed by atoms with Crippen LogP contribution in [0.5, 0.6) is 5.75 Å². The monoisotopic (exact) mass is 528 g/mol. The minimum absolute atomic E-state index is 0.362. The van der Waals surface area contributed by atoms with E-state index in [1.807, 2.05) is 71.0 Å². The van der Waals surface area contributed by atoms with Crippen LogP contribution in [0, 0.1) is 4.84 Å². The van der Waals surface area contributed by atoms with Crippen LogP contribution in [0.25, 0.3) is 0 Å². The summed E-state index contributed by atoms with van der Waals surface area (Å²) < 4.78 is 18.1. The lowest BCUT2D eigenvalue weighted by Gasteiger charge is -2.29. The summed E-state index contributed by atoms with van der Waals surface area (Å²) in [6, 6.07) is 7.76. The van der Waals surface area contributed by atoms with Crippen LogP contribution in [-0.4, -0.2) is 27.0 Å². The van der Waals surface area contributed by atoms with Crippen molar-refractivity contribution in [3.63, 3.8) is 0 Å². The van der Waals surface area contributed by atoms with Gasteiger partial charge in [-0.15, -0.1) is 5.10 Å². The van der Waals surface area contributed by atoms with Crippen LogP contribution >= 0.6 is 12.2 Å². The van der Waals surface area contributed by atoms with Crippen LogP contribution in [0.3, 0.4) is 0 Å². The lowest BCUT2D eigenvalue weighted by molar-refractivity contribution is -0.170. The third-order valence-electron chi connectivity index (χ3n) is 5.36. The van der Waals surface area contributed by atoms with E-state index in [0.29, 0.717) is 23.0 Å². The molecule has 0 spiro atoms. The van der Waals surface area contributed by atoms with Crippen molar-refractivity contribution in [1.82, 2.24) is 9.78 Å². The van der Waals surface area contributed by atoms with E-state index in [2.05, 4.69) is 38.0 Å². The zero-order valence-electron chi connectivity index (χ0n) is 24.2. The molecule has 0 aliphatic heterocycles. The van der Waals surface area contributed by atoms with Gasteiger partial charge in [-0.05, 0) is 97.3 Å². The van der Waals surface area contributed by atoms with Crippen molar-refractivity contribution >= 4 is 18.2 Å². The Balaban J connectivity index is 0.000000371. The molecule has 2 aromatic rings. The van der Waals surface area contributed by atoms with Gasteiger partial charge in [0.2, 0.25) is 5.89 Å². The Morgan fingerprint density at radius 3 is 2.16 bits per heavy atom. The molecule has 0 aliphatic carbocycles. The number of rotatable bonds is 9. The molecule has 1 aromatic carbocycles. The van der Waals surface area contributed by atoms with Crippen LogP contribution < -0.4 is 4.74 Å². The third kappa shape index (κ3) is 11.8. The Morgan fingerprint density at radius 2 is 1.68 bits per heavy atom. The fourth-order valence-electron chi connectivity index (χ4n) is 2.87. The van der Waals surface area contributed by atoms with Gasteiger partial charge in [0.1, 0.15) is 11.4 Å².